The lowest BCUT2D eigenvalue weighted by molar-refractivity contribution is -0.119. The number of hydrogen-bond donors (Lipinski definition) is 3. The average Bonchev–Trinajstić information content (AvgIpc) is 3.19. The highest BCUT2D eigenvalue weighted by Gasteiger charge is 2.28. The number of phenols is 1. The molecule has 2 amide bonds. The summed E-state index contributed by atoms with van der Waals surface area (Å²) in [6.07, 6.45) is 4.51. The van der Waals surface area contributed by atoms with Gasteiger partial charge in [0.2, 0.25) is 11.8 Å². The highest BCUT2D eigenvalue weighted by molar-refractivity contribution is 5.98. The third kappa shape index (κ3) is 3.49. The van der Waals surface area contributed by atoms with Crippen LogP contribution in [-0.2, 0) is 9.59 Å². The fourth-order valence-electron chi connectivity index (χ4n) is 4.46. The second kappa shape index (κ2) is 7.30. The lowest BCUT2D eigenvalue weighted by atomic mass is 9.83. The number of aryl methyl sites for hydroxylation is 2. The van der Waals surface area contributed by atoms with Gasteiger partial charge in [-0.1, -0.05) is 31.0 Å². The largest absolute Gasteiger partial charge is 0.507 e. The SMILES string of the molecule is Cc1cc(C2CC(=O)Nc3cc(NC(=O)C4CCCC4)ccc32)cc(C)c1O. The van der Waals surface area contributed by atoms with E-state index in [4.69, 9.17) is 0 Å². The van der Waals surface area contributed by atoms with E-state index in [1.807, 2.05) is 44.2 Å². The van der Waals surface area contributed by atoms with E-state index >= 15 is 0 Å². The Hall–Kier alpha value is -2.82. The minimum atomic E-state index is -0.0682. The molecule has 3 N–H and O–H groups in total. The van der Waals surface area contributed by atoms with Gasteiger partial charge in [-0.25, -0.2) is 0 Å². The molecule has 0 saturated heterocycles. The van der Waals surface area contributed by atoms with E-state index in [1.54, 1.807) is 0 Å². The van der Waals surface area contributed by atoms with Crippen molar-refractivity contribution in [3.63, 3.8) is 0 Å². The molecule has 1 aliphatic carbocycles. The van der Waals surface area contributed by atoms with Crippen molar-refractivity contribution in [1.29, 1.82) is 0 Å². The summed E-state index contributed by atoms with van der Waals surface area (Å²) in [5, 5.41) is 16.0. The van der Waals surface area contributed by atoms with Crippen LogP contribution in [0.3, 0.4) is 0 Å². The van der Waals surface area contributed by atoms with Gasteiger partial charge in [-0.3, -0.25) is 9.59 Å². The summed E-state index contributed by atoms with van der Waals surface area (Å²) in [4.78, 5) is 24.8. The van der Waals surface area contributed by atoms with Crippen molar-refractivity contribution >= 4 is 23.2 Å². The number of amides is 2. The molecule has 5 heteroatoms. The van der Waals surface area contributed by atoms with Crippen LogP contribution in [0.15, 0.2) is 30.3 Å². The molecule has 2 aromatic rings. The van der Waals surface area contributed by atoms with Gasteiger partial charge in [0, 0.05) is 29.6 Å². The number of carbonyl (C=O) groups excluding carboxylic acids is 2. The molecule has 1 unspecified atom stereocenters. The van der Waals surface area contributed by atoms with Crippen molar-refractivity contribution in [2.75, 3.05) is 10.6 Å². The monoisotopic (exact) mass is 378 g/mol. The molecule has 4 rings (SSSR count). The standard InChI is InChI=1S/C23H26N2O3/c1-13-9-16(10-14(2)22(13)27)19-12-21(26)25-20-11-17(7-8-18(19)20)24-23(28)15-5-3-4-6-15/h7-11,15,19,27H,3-6,12H2,1-2H3,(H,24,28)(H,25,26). The van der Waals surface area contributed by atoms with Crippen LogP contribution in [0.5, 0.6) is 5.75 Å². The maximum Gasteiger partial charge on any atom is 0.227 e. The third-order valence-corrected chi connectivity index (χ3v) is 6.00. The van der Waals surface area contributed by atoms with E-state index in [1.165, 1.54) is 0 Å². The number of rotatable bonds is 3. The van der Waals surface area contributed by atoms with Crippen LogP contribution in [-0.4, -0.2) is 16.9 Å². The van der Waals surface area contributed by atoms with Gasteiger partial charge in [0.05, 0.1) is 0 Å². The van der Waals surface area contributed by atoms with E-state index in [0.717, 1.165) is 59.3 Å². The number of aromatic hydroxyl groups is 1. The minimum absolute atomic E-state index is 0.0415. The lowest BCUT2D eigenvalue weighted by Gasteiger charge is -2.27. The van der Waals surface area contributed by atoms with Crippen LogP contribution in [0.4, 0.5) is 11.4 Å². The van der Waals surface area contributed by atoms with Gasteiger partial charge in [-0.15, -0.1) is 0 Å². The van der Waals surface area contributed by atoms with E-state index in [-0.39, 0.29) is 23.7 Å². The fourth-order valence-corrected chi connectivity index (χ4v) is 4.46. The topological polar surface area (TPSA) is 78.4 Å². The molecule has 146 valence electrons. The van der Waals surface area contributed by atoms with Crippen molar-refractivity contribution in [2.45, 2.75) is 51.9 Å². The van der Waals surface area contributed by atoms with Crippen LogP contribution in [0.2, 0.25) is 0 Å². The first-order valence-electron chi connectivity index (χ1n) is 9.97. The van der Waals surface area contributed by atoms with Crippen molar-refractivity contribution < 1.29 is 14.7 Å². The van der Waals surface area contributed by atoms with Crippen LogP contribution in [0.1, 0.15) is 60.3 Å². The zero-order valence-corrected chi connectivity index (χ0v) is 16.3. The van der Waals surface area contributed by atoms with Crippen LogP contribution in [0.25, 0.3) is 0 Å². The number of benzene rings is 2. The number of nitrogens with one attached hydrogen (secondary N) is 2. The highest BCUT2D eigenvalue weighted by Crippen LogP contribution is 2.40. The van der Waals surface area contributed by atoms with Crippen molar-refractivity contribution in [3.05, 3.63) is 52.6 Å². The van der Waals surface area contributed by atoms with Gasteiger partial charge in [-0.2, -0.15) is 0 Å². The summed E-state index contributed by atoms with van der Waals surface area (Å²) in [5.74, 6) is 0.359. The molecule has 1 heterocycles. The first kappa shape index (κ1) is 18.5. The number of fused-ring (bicyclic) bond motifs is 1. The summed E-state index contributed by atoms with van der Waals surface area (Å²) < 4.78 is 0. The van der Waals surface area contributed by atoms with Gasteiger partial charge in [0.1, 0.15) is 5.75 Å². The maximum absolute atomic E-state index is 12.4. The molecule has 2 aromatic carbocycles. The number of hydrogen-bond acceptors (Lipinski definition) is 3. The predicted molar refractivity (Wildman–Crippen MR) is 110 cm³/mol. The number of phenolic OH excluding ortho intramolecular Hbond substituents is 1. The number of anilines is 2. The summed E-state index contributed by atoms with van der Waals surface area (Å²) in [6, 6.07) is 9.65. The molecule has 1 atom stereocenters. The van der Waals surface area contributed by atoms with E-state index < -0.39 is 0 Å². The molecule has 0 bridgehead atoms. The molecule has 0 aromatic heterocycles. The zero-order chi connectivity index (χ0) is 19.8. The van der Waals surface area contributed by atoms with Gasteiger partial charge < -0.3 is 15.7 Å². The predicted octanol–water partition coefficient (Wildman–Crippen LogP) is 4.61. The summed E-state index contributed by atoms with van der Waals surface area (Å²) >= 11 is 0. The Labute approximate surface area is 165 Å². The Morgan fingerprint density at radius 1 is 1.11 bits per heavy atom. The lowest BCUT2D eigenvalue weighted by Crippen LogP contribution is -2.24. The van der Waals surface area contributed by atoms with Gasteiger partial charge in [0.25, 0.3) is 0 Å². The van der Waals surface area contributed by atoms with Gasteiger partial charge in [-0.05, 0) is 61.1 Å². The second-order valence-electron chi connectivity index (χ2n) is 8.08. The third-order valence-electron chi connectivity index (χ3n) is 6.00. The Morgan fingerprint density at radius 3 is 2.46 bits per heavy atom. The molecule has 2 aliphatic rings. The van der Waals surface area contributed by atoms with Crippen LogP contribution in [0, 0.1) is 19.8 Å². The molecular weight excluding hydrogens is 352 g/mol. The van der Waals surface area contributed by atoms with Crippen LogP contribution >= 0.6 is 0 Å². The van der Waals surface area contributed by atoms with E-state index in [9.17, 15) is 14.7 Å². The van der Waals surface area contributed by atoms with Crippen LogP contribution < -0.4 is 10.6 Å². The maximum atomic E-state index is 12.4. The normalized spacial score (nSPS) is 19.2. The average molecular weight is 378 g/mol. The summed E-state index contributed by atoms with van der Waals surface area (Å²) in [7, 11) is 0. The highest BCUT2D eigenvalue weighted by atomic mass is 16.3. The molecule has 5 nitrogen and oxygen atoms in total. The van der Waals surface area contributed by atoms with Crippen molar-refractivity contribution in [2.24, 2.45) is 5.92 Å². The second-order valence-corrected chi connectivity index (χ2v) is 8.08. The molecular formula is C23H26N2O3. The minimum Gasteiger partial charge on any atom is -0.507 e. The Bertz CT molecular complexity index is 922. The Morgan fingerprint density at radius 2 is 1.79 bits per heavy atom. The molecule has 1 fully saturated rings. The molecule has 0 radical (unpaired) electrons. The first-order valence-corrected chi connectivity index (χ1v) is 9.97. The molecule has 0 spiro atoms. The summed E-state index contributed by atoms with van der Waals surface area (Å²) in [6.45, 7) is 3.74. The Kier molecular flexibility index (Phi) is 4.84. The molecule has 1 saturated carbocycles. The number of carbonyl (C=O) groups is 2. The first-order chi connectivity index (χ1) is 13.4. The van der Waals surface area contributed by atoms with Crippen molar-refractivity contribution in [3.8, 4) is 5.75 Å². The molecule has 28 heavy (non-hydrogen) atoms. The smallest absolute Gasteiger partial charge is 0.227 e. The fraction of sp³-hybridized carbons (Fsp3) is 0.391. The van der Waals surface area contributed by atoms with E-state index in [0.29, 0.717) is 12.2 Å². The quantitative estimate of drug-likeness (QED) is 0.730. The summed E-state index contributed by atoms with van der Waals surface area (Å²) in [5.41, 5.74) is 5.13. The van der Waals surface area contributed by atoms with Gasteiger partial charge in [0.15, 0.2) is 0 Å². The van der Waals surface area contributed by atoms with E-state index in [2.05, 4.69) is 10.6 Å². The zero-order valence-electron chi connectivity index (χ0n) is 16.3. The Balaban J connectivity index is 1.64. The molecule has 1 aliphatic heterocycles. The van der Waals surface area contributed by atoms with Crippen molar-refractivity contribution in [1.82, 2.24) is 0 Å². The van der Waals surface area contributed by atoms with Gasteiger partial charge >= 0.3 is 0 Å².